The highest BCUT2D eigenvalue weighted by Crippen LogP contribution is 2.39. The molecule has 1 aliphatic heterocycles. The molecule has 1 aromatic carbocycles. The SMILES string of the molecule is COc1ccc2c(c1CCO)OCCO2. The van der Waals surface area contributed by atoms with Crippen LogP contribution in [-0.4, -0.2) is 32.0 Å². The lowest BCUT2D eigenvalue weighted by molar-refractivity contribution is 0.168. The first-order valence-corrected chi connectivity index (χ1v) is 4.93. The van der Waals surface area contributed by atoms with Crippen LogP contribution in [0.5, 0.6) is 17.2 Å². The van der Waals surface area contributed by atoms with E-state index >= 15 is 0 Å². The first-order chi connectivity index (χ1) is 7.36. The molecule has 82 valence electrons. The summed E-state index contributed by atoms with van der Waals surface area (Å²) < 4.78 is 16.2. The van der Waals surface area contributed by atoms with E-state index in [4.69, 9.17) is 19.3 Å². The third-order valence-corrected chi connectivity index (χ3v) is 2.35. The number of ether oxygens (including phenoxy) is 3. The van der Waals surface area contributed by atoms with Crippen molar-refractivity contribution in [1.29, 1.82) is 0 Å². The molecule has 0 fully saturated rings. The van der Waals surface area contributed by atoms with Gasteiger partial charge in [0.15, 0.2) is 11.5 Å². The van der Waals surface area contributed by atoms with Crippen LogP contribution in [0, 0.1) is 0 Å². The van der Waals surface area contributed by atoms with Gasteiger partial charge in [-0.15, -0.1) is 0 Å². The van der Waals surface area contributed by atoms with Crippen molar-refractivity contribution in [2.75, 3.05) is 26.9 Å². The molecule has 1 heterocycles. The average Bonchev–Trinajstić information content (AvgIpc) is 2.30. The van der Waals surface area contributed by atoms with E-state index in [9.17, 15) is 0 Å². The van der Waals surface area contributed by atoms with Crippen LogP contribution in [0.2, 0.25) is 0 Å². The summed E-state index contributed by atoms with van der Waals surface area (Å²) in [5, 5.41) is 8.99. The van der Waals surface area contributed by atoms with Crippen LogP contribution in [0.1, 0.15) is 5.56 Å². The minimum absolute atomic E-state index is 0.0656. The monoisotopic (exact) mass is 210 g/mol. The third-order valence-electron chi connectivity index (χ3n) is 2.35. The van der Waals surface area contributed by atoms with Gasteiger partial charge in [0.1, 0.15) is 19.0 Å². The van der Waals surface area contributed by atoms with E-state index in [0.717, 1.165) is 17.1 Å². The van der Waals surface area contributed by atoms with Gasteiger partial charge in [-0.3, -0.25) is 0 Å². The lowest BCUT2D eigenvalue weighted by Crippen LogP contribution is -2.17. The van der Waals surface area contributed by atoms with Gasteiger partial charge in [0.2, 0.25) is 0 Å². The molecule has 0 saturated carbocycles. The van der Waals surface area contributed by atoms with Crippen molar-refractivity contribution in [2.45, 2.75) is 6.42 Å². The normalized spacial score (nSPS) is 13.7. The van der Waals surface area contributed by atoms with Crippen molar-refractivity contribution >= 4 is 0 Å². The van der Waals surface area contributed by atoms with Crippen molar-refractivity contribution in [3.8, 4) is 17.2 Å². The molecule has 1 N–H and O–H groups in total. The number of aliphatic hydroxyl groups is 1. The molecule has 4 nitrogen and oxygen atoms in total. The highest BCUT2D eigenvalue weighted by atomic mass is 16.6. The van der Waals surface area contributed by atoms with Gasteiger partial charge in [-0.1, -0.05) is 0 Å². The number of hydrogen-bond acceptors (Lipinski definition) is 4. The van der Waals surface area contributed by atoms with Crippen molar-refractivity contribution < 1.29 is 19.3 Å². The molecule has 0 aliphatic carbocycles. The Morgan fingerprint density at radius 1 is 1.33 bits per heavy atom. The van der Waals surface area contributed by atoms with E-state index in [2.05, 4.69) is 0 Å². The molecule has 4 heteroatoms. The molecule has 0 radical (unpaired) electrons. The second kappa shape index (κ2) is 4.40. The predicted octanol–water partition coefficient (Wildman–Crippen LogP) is 1.00. The number of hydrogen-bond donors (Lipinski definition) is 1. The zero-order chi connectivity index (χ0) is 10.7. The summed E-state index contributed by atoms with van der Waals surface area (Å²) in [6, 6.07) is 3.66. The van der Waals surface area contributed by atoms with E-state index < -0.39 is 0 Å². The standard InChI is InChI=1S/C11H14O4/c1-13-9-2-3-10-11(8(9)4-5-12)15-7-6-14-10/h2-3,12H,4-7H2,1H3. The van der Waals surface area contributed by atoms with Crippen LogP contribution in [0.3, 0.4) is 0 Å². The molecule has 0 amide bonds. The fourth-order valence-corrected chi connectivity index (χ4v) is 1.70. The molecular formula is C11H14O4. The Labute approximate surface area is 88.4 Å². The maximum Gasteiger partial charge on any atom is 0.168 e. The van der Waals surface area contributed by atoms with Crippen molar-refractivity contribution in [3.63, 3.8) is 0 Å². The molecule has 0 bridgehead atoms. The summed E-state index contributed by atoms with van der Waals surface area (Å²) in [5.41, 5.74) is 0.872. The maximum absolute atomic E-state index is 8.99. The second-order valence-electron chi connectivity index (χ2n) is 3.24. The first-order valence-electron chi connectivity index (χ1n) is 4.93. The van der Waals surface area contributed by atoms with Crippen LogP contribution in [0.4, 0.5) is 0 Å². The van der Waals surface area contributed by atoms with E-state index in [1.54, 1.807) is 7.11 Å². The molecule has 0 spiro atoms. The number of benzene rings is 1. The van der Waals surface area contributed by atoms with E-state index in [-0.39, 0.29) is 6.61 Å². The topological polar surface area (TPSA) is 47.9 Å². The number of methoxy groups -OCH3 is 1. The molecule has 0 unspecified atom stereocenters. The number of fused-ring (bicyclic) bond motifs is 1. The predicted molar refractivity (Wildman–Crippen MR) is 54.8 cm³/mol. The summed E-state index contributed by atoms with van der Waals surface area (Å²) >= 11 is 0. The summed E-state index contributed by atoms with van der Waals surface area (Å²) in [5.74, 6) is 2.16. The molecule has 1 aliphatic rings. The quantitative estimate of drug-likeness (QED) is 0.808. The largest absolute Gasteiger partial charge is 0.496 e. The first kappa shape index (κ1) is 10.1. The van der Waals surface area contributed by atoms with Gasteiger partial charge in [-0.2, -0.15) is 0 Å². The Hall–Kier alpha value is -1.42. The van der Waals surface area contributed by atoms with Gasteiger partial charge < -0.3 is 19.3 Å². The Morgan fingerprint density at radius 3 is 2.87 bits per heavy atom. The Bertz CT molecular complexity index is 349. The smallest absolute Gasteiger partial charge is 0.168 e. The highest BCUT2D eigenvalue weighted by molar-refractivity contribution is 5.54. The van der Waals surface area contributed by atoms with Gasteiger partial charge in [0.05, 0.1) is 7.11 Å². The molecule has 0 aromatic heterocycles. The zero-order valence-electron chi connectivity index (χ0n) is 8.66. The van der Waals surface area contributed by atoms with Gasteiger partial charge in [0, 0.05) is 18.6 Å². The van der Waals surface area contributed by atoms with E-state index in [0.29, 0.717) is 25.4 Å². The van der Waals surface area contributed by atoms with Crippen LogP contribution in [0.15, 0.2) is 12.1 Å². The summed E-state index contributed by atoms with van der Waals surface area (Å²) in [6.45, 7) is 1.17. The highest BCUT2D eigenvalue weighted by Gasteiger charge is 2.19. The summed E-state index contributed by atoms with van der Waals surface area (Å²) in [4.78, 5) is 0. The summed E-state index contributed by atoms with van der Waals surface area (Å²) in [7, 11) is 1.60. The molecule has 0 saturated heterocycles. The Kier molecular flexibility index (Phi) is 2.97. The van der Waals surface area contributed by atoms with Crippen LogP contribution >= 0.6 is 0 Å². The number of aliphatic hydroxyl groups excluding tert-OH is 1. The third kappa shape index (κ3) is 1.85. The Morgan fingerprint density at radius 2 is 2.13 bits per heavy atom. The minimum atomic E-state index is 0.0656. The zero-order valence-corrected chi connectivity index (χ0v) is 8.66. The minimum Gasteiger partial charge on any atom is -0.496 e. The fraction of sp³-hybridized carbons (Fsp3) is 0.455. The lowest BCUT2D eigenvalue weighted by atomic mass is 10.1. The van der Waals surface area contributed by atoms with Crippen molar-refractivity contribution in [1.82, 2.24) is 0 Å². The maximum atomic E-state index is 8.99. The number of rotatable bonds is 3. The molecule has 1 aromatic rings. The van der Waals surface area contributed by atoms with Crippen LogP contribution < -0.4 is 14.2 Å². The van der Waals surface area contributed by atoms with Crippen LogP contribution in [0.25, 0.3) is 0 Å². The van der Waals surface area contributed by atoms with Gasteiger partial charge in [0.25, 0.3) is 0 Å². The molecule has 0 atom stereocenters. The van der Waals surface area contributed by atoms with Crippen molar-refractivity contribution in [3.05, 3.63) is 17.7 Å². The van der Waals surface area contributed by atoms with E-state index in [1.165, 1.54) is 0 Å². The molecule has 2 rings (SSSR count). The second-order valence-corrected chi connectivity index (χ2v) is 3.24. The van der Waals surface area contributed by atoms with Crippen LogP contribution in [-0.2, 0) is 6.42 Å². The van der Waals surface area contributed by atoms with Gasteiger partial charge in [-0.05, 0) is 12.1 Å². The lowest BCUT2D eigenvalue weighted by Gasteiger charge is -2.22. The van der Waals surface area contributed by atoms with Crippen molar-refractivity contribution in [2.24, 2.45) is 0 Å². The van der Waals surface area contributed by atoms with Gasteiger partial charge >= 0.3 is 0 Å². The summed E-state index contributed by atoms with van der Waals surface area (Å²) in [6.07, 6.45) is 0.510. The van der Waals surface area contributed by atoms with E-state index in [1.807, 2.05) is 12.1 Å². The molecular weight excluding hydrogens is 196 g/mol. The average molecular weight is 210 g/mol. The Balaban J connectivity index is 2.44. The fourth-order valence-electron chi connectivity index (χ4n) is 1.70. The van der Waals surface area contributed by atoms with Gasteiger partial charge in [-0.25, -0.2) is 0 Å². The molecule has 15 heavy (non-hydrogen) atoms.